The highest BCUT2D eigenvalue weighted by atomic mass is 35.5. The maximum Gasteiger partial charge on any atom is 0.0426 e. The minimum Gasteiger partial charge on any atom is -0.370 e. The topological polar surface area (TPSA) is 15.3 Å². The molecular formula is C13H19ClN2. The average molecular weight is 239 g/mol. The third kappa shape index (κ3) is 2.50. The van der Waals surface area contributed by atoms with Gasteiger partial charge in [0.15, 0.2) is 0 Å². The molecule has 3 heteroatoms. The van der Waals surface area contributed by atoms with Gasteiger partial charge in [-0.3, -0.25) is 0 Å². The second-order valence-electron chi connectivity index (χ2n) is 4.50. The fraction of sp³-hybridized carbons (Fsp3) is 0.538. The van der Waals surface area contributed by atoms with Crippen LogP contribution in [0.2, 0.25) is 5.02 Å². The van der Waals surface area contributed by atoms with Crippen LogP contribution in [0.25, 0.3) is 0 Å². The summed E-state index contributed by atoms with van der Waals surface area (Å²) < 4.78 is 0. The van der Waals surface area contributed by atoms with Crippen molar-refractivity contribution in [2.24, 2.45) is 0 Å². The van der Waals surface area contributed by atoms with Crippen LogP contribution in [0.15, 0.2) is 18.2 Å². The minimum atomic E-state index is 0.604. The van der Waals surface area contributed by atoms with Crippen LogP contribution in [0.5, 0.6) is 0 Å². The molecule has 0 spiro atoms. The molecule has 0 aromatic heterocycles. The number of rotatable bonds is 2. The number of nitrogens with one attached hydrogen (secondary N) is 1. The third-order valence-corrected chi connectivity index (χ3v) is 3.58. The minimum absolute atomic E-state index is 0.604. The van der Waals surface area contributed by atoms with E-state index < -0.39 is 0 Å². The summed E-state index contributed by atoms with van der Waals surface area (Å²) in [6.07, 6.45) is 2.52. The molecule has 1 aromatic carbocycles. The summed E-state index contributed by atoms with van der Waals surface area (Å²) in [5, 5.41) is 4.19. The van der Waals surface area contributed by atoms with Crippen molar-refractivity contribution in [3.05, 3.63) is 28.8 Å². The molecule has 0 aliphatic carbocycles. The highest BCUT2D eigenvalue weighted by Gasteiger charge is 2.19. The van der Waals surface area contributed by atoms with Gasteiger partial charge >= 0.3 is 0 Å². The Morgan fingerprint density at radius 2 is 2.25 bits per heavy atom. The van der Waals surface area contributed by atoms with Crippen LogP contribution in [0.1, 0.15) is 18.4 Å². The summed E-state index contributed by atoms with van der Waals surface area (Å²) in [6, 6.07) is 6.74. The van der Waals surface area contributed by atoms with E-state index in [1.807, 2.05) is 13.1 Å². The number of piperidine rings is 1. The Labute approximate surface area is 103 Å². The second-order valence-corrected chi connectivity index (χ2v) is 4.94. The zero-order valence-electron chi connectivity index (χ0n) is 9.96. The summed E-state index contributed by atoms with van der Waals surface area (Å²) in [5.41, 5.74) is 2.59. The normalized spacial score (nSPS) is 21.2. The van der Waals surface area contributed by atoms with E-state index in [2.05, 4.69) is 29.3 Å². The Balaban J connectivity index is 2.19. The molecule has 1 aliphatic heterocycles. The fourth-order valence-electron chi connectivity index (χ4n) is 2.35. The van der Waals surface area contributed by atoms with Crippen LogP contribution in [-0.2, 0) is 0 Å². The number of halogens is 1. The molecule has 1 aliphatic rings. The number of likely N-dealkylation sites (N-methyl/N-ethyl adjacent to an activating group) is 1. The zero-order valence-corrected chi connectivity index (χ0v) is 10.7. The monoisotopic (exact) mass is 238 g/mol. The van der Waals surface area contributed by atoms with Gasteiger partial charge < -0.3 is 10.2 Å². The Morgan fingerprint density at radius 1 is 1.44 bits per heavy atom. The van der Waals surface area contributed by atoms with Crippen LogP contribution in [0.3, 0.4) is 0 Å². The van der Waals surface area contributed by atoms with Gasteiger partial charge in [0, 0.05) is 29.8 Å². The lowest BCUT2D eigenvalue weighted by Crippen LogP contribution is -2.44. The molecule has 0 amide bonds. The van der Waals surface area contributed by atoms with Crippen molar-refractivity contribution in [2.45, 2.75) is 25.8 Å². The van der Waals surface area contributed by atoms with Crippen molar-refractivity contribution in [1.29, 1.82) is 0 Å². The third-order valence-electron chi connectivity index (χ3n) is 3.34. The van der Waals surface area contributed by atoms with Gasteiger partial charge in [0.25, 0.3) is 0 Å². The summed E-state index contributed by atoms with van der Waals surface area (Å²) in [6.45, 7) is 4.37. The SMILES string of the molecule is CNC1CCCN(c2cc(Cl)ccc2C)C1. The number of aryl methyl sites for hydroxylation is 1. The predicted molar refractivity (Wildman–Crippen MR) is 70.5 cm³/mol. The van der Waals surface area contributed by atoms with E-state index in [9.17, 15) is 0 Å². The molecule has 88 valence electrons. The smallest absolute Gasteiger partial charge is 0.0426 e. The van der Waals surface area contributed by atoms with E-state index >= 15 is 0 Å². The molecule has 1 unspecified atom stereocenters. The zero-order chi connectivity index (χ0) is 11.5. The van der Waals surface area contributed by atoms with E-state index in [-0.39, 0.29) is 0 Å². The molecule has 1 atom stereocenters. The van der Waals surface area contributed by atoms with Gasteiger partial charge in [-0.05, 0) is 44.5 Å². The Kier molecular flexibility index (Phi) is 3.72. The van der Waals surface area contributed by atoms with Crippen LogP contribution in [-0.4, -0.2) is 26.2 Å². The van der Waals surface area contributed by atoms with Gasteiger partial charge in [-0.15, -0.1) is 0 Å². The van der Waals surface area contributed by atoms with Gasteiger partial charge in [-0.25, -0.2) is 0 Å². The molecule has 1 fully saturated rings. The lowest BCUT2D eigenvalue weighted by Gasteiger charge is -2.35. The molecule has 1 N–H and O–H groups in total. The van der Waals surface area contributed by atoms with E-state index in [0.29, 0.717) is 6.04 Å². The molecule has 2 rings (SSSR count). The van der Waals surface area contributed by atoms with Crippen molar-refractivity contribution in [2.75, 3.05) is 25.0 Å². The van der Waals surface area contributed by atoms with Gasteiger partial charge in [0.1, 0.15) is 0 Å². The van der Waals surface area contributed by atoms with Crippen molar-refractivity contribution >= 4 is 17.3 Å². The van der Waals surface area contributed by atoms with Gasteiger partial charge in [-0.2, -0.15) is 0 Å². The number of hydrogen-bond acceptors (Lipinski definition) is 2. The van der Waals surface area contributed by atoms with Gasteiger partial charge in [-0.1, -0.05) is 17.7 Å². The first-order valence-corrected chi connectivity index (χ1v) is 6.27. The van der Waals surface area contributed by atoms with E-state index in [4.69, 9.17) is 11.6 Å². The first-order valence-electron chi connectivity index (χ1n) is 5.89. The molecule has 16 heavy (non-hydrogen) atoms. The Morgan fingerprint density at radius 3 is 3.00 bits per heavy atom. The summed E-state index contributed by atoms with van der Waals surface area (Å²) in [7, 11) is 2.04. The lowest BCUT2D eigenvalue weighted by atomic mass is 10.0. The quantitative estimate of drug-likeness (QED) is 0.853. The molecule has 1 saturated heterocycles. The lowest BCUT2D eigenvalue weighted by molar-refractivity contribution is 0.449. The van der Waals surface area contributed by atoms with Crippen molar-refractivity contribution in [1.82, 2.24) is 5.32 Å². The van der Waals surface area contributed by atoms with Crippen LogP contribution in [0.4, 0.5) is 5.69 Å². The van der Waals surface area contributed by atoms with Gasteiger partial charge in [0.2, 0.25) is 0 Å². The number of nitrogens with zero attached hydrogens (tertiary/aromatic N) is 1. The molecule has 0 saturated carbocycles. The maximum atomic E-state index is 6.06. The van der Waals surface area contributed by atoms with Crippen molar-refractivity contribution < 1.29 is 0 Å². The summed E-state index contributed by atoms with van der Waals surface area (Å²) in [4.78, 5) is 2.44. The van der Waals surface area contributed by atoms with Gasteiger partial charge in [0.05, 0.1) is 0 Å². The summed E-state index contributed by atoms with van der Waals surface area (Å²) >= 11 is 6.06. The average Bonchev–Trinajstić information content (AvgIpc) is 2.32. The second kappa shape index (κ2) is 5.07. The fourth-order valence-corrected chi connectivity index (χ4v) is 2.52. The number of anilines is 1. The molecule has 0 bridgehead atoms. The number of benzene rings is 1. The highest BCUT2D eigenvalue weighted by molar-refractivity contribution is 6.30. The maximum absolute atomic E-state index is 6.06. The number of hydrogen-bond donors (Lipinski definition) is 1. The Hall–Kier alpha value is -0.730. The highest BCUT2D eigenvalue weighted by Crippen LogP contribution is 2.26. The standard InChI is InChI=1S/C13H19ClN2/c1-10-5-6-11(14)8-13(10)16-7-3-4-12(9-16)15-2/h5-6,8,12,15H,3-4,7,9H2,1-2H3. The van der Waals surface area contributed by atoms with E-state index in [0.717, 1.165) is 18.1 Å². The predicted octanol–water partition coefficient (Wildman–Crippen LogP) is 2.84. The molecule has 2 nitrogen and oxygen atoms in total. The largest absolute Gasteiger partial charge is 0.370 e. The van der Waals surface area contributed by atoms with Crippen LogP contribution < -0.4 is 10.2 Å². The molecule has 1 aromatic rings. The summed E-state index contributed by atoms with van der Waals surface area (Å²) in [5.74, 6) is 0. The van der Waals surface area contributed by atoms with Crippen LogP contribution >= 0.6 is 11.6 Å². The molecule has 1 heterocycles. The van der Waals surface area contributed by atoms with Crippen LogP contribution in [0, 0.1) is 6.92 Å². The van der Waals surface area contributed by atoms with E-state index in [1.54, 1.807) is 0 Å². The van der Waals surface area contributed by atoms with Crippen molar-refractivity contribution in [3.63, 3.8) is 0 Å². The Bertz CT molecular complexity index is 365. The first kappa shape index (κ1) is 11.7. The molecular weight excluding hydrogens is 220 g/mol. The van der Waals surface area contributed by atoms with E-state index in [1.165, 1.54) is 24.1 Å². The van der Waals surface area contributed by atoms with Crippen molar-refractivity contribution in [3.8, 4) is 0 Å². The first-order chi connectivity index (χ1) is 7.70. The molecule has 0 radical (unpaired) electrons.